The van der Waals surface area contributed by atoms with E-state index in [1.807, 2.05) is 0 Å². The minimum Gasteiger partial charge on any atom is -0.467 e. The molecule has 0 aliphatic carbocycles. The third-order valence-corrected chi connectivity index (χ3v) is 3.01. The average molecular weight is 242 g/mol. The number of urea groups is 1. The van der Waals surface area contributed by atoms with Crippen molar-refractivity contribution in [2.24, 2.45) is 0 Å². The van der Waals surface area contributed by atoms with E-state index in [9.17, 15) is 9.59 Å². The molecular weight excluding hydrogens is 220 g/mol. The number of methoxy groups -OCH3 is 1. The maximum atomic E-state index is 12.0. The Morgan fingerprint density at radius 1 is 1.12 bits per heavy atom. The molecule has 0 aromatic rings. The van der Waals surface area contributed by atoms with E-state index < -0.39 is 11.5 Å². The van der Waals surface area contributed by atoms with Crippen molar-refractivity contribution in [1.29, 1.82) is 0 Å². The van der Waals surface area contributed by atoms with Gasteiger partial charge in [0.1, 0.15) is 5.54 Å². The second-order valence-electron chi connectivity index (χ2n) is 4.95. The standard InChI is InChI=1S/C12H22N2O3/c1-12(2,10(15)17-3)13-11(16)14-8-6-4-5-7-9-14/h4-9H2,1-3H3,(H,13,16). The molecule has 0 aromatic heterocycles. The van der Waals surface area contributed by atoms with E-state index in [0.717, 1.165) is 25.9 Å². The summed E-state index contributed by atoms with van der Waals surface area (Å²) in [4.78, 5) is 25.2. The highest BCUT2D eigenvalue weighted by molar-refractivity contribution is 5.86. The Bertz CT molecular complexity index is 281. The van der Waals surface area contributed by atoms with Crippen molar-refractivity contribution < 1.29 is 14.3 Å². The van der Waals surface area contributed by atoms with E-state index in [4.69, 9.17) is 0 Å². The van der Waals surface area contributed by atoms with Gasteiger partial charge in [-0.2, -0.15) is 0 Å². The van der Waals surface area contributed by atoms with E-state index >= 15 is 0 Å². The van der Waals surface area contributed by atoms with Gasteiger partial charge in [0.25, 0.3) is 0 Å². The van der Waals surface area contributed by atoms with Gasteiger partial charge in [0.15, 0.2) is 0 Å². The summed E-state index contributed by atoms with van der Waals surface area (Å²) in [7, 11) is 1.32. The molecule has 0 aromatic carbocycles. The fraction of sp³-hybridized carbons (Fsp3) is 0.833. The maximum Gasteiger partial charge on any atom is 0.331 e. The monoisotopic (exact) mass is 242 g/mol. The molecule has 1 saturated heterocycles. The van der Waals surface area contributed by atoms with Crippen LogP contribution in [0.3, 0.4) is 0 Å². The molecule has 98 valence electrons. The summed E-state index contributed by atoms with van der Waals surface area (Å²) in [6.07, 6.45) is 4.41. The molecule has 17 heavy (non-hydrogen) atoms. The Labute approximate surface area is 102 Å². The highest BCUT2D eigenvalue weighted by Gasteiger charge is 2.32. The summed E-state index contributed by atoms with van der Waals surface area (Å²) in [6, 6.07) is -0.178. The Kier molecular flexibility index (Phi) is 4.78. The van der Waals surface area contributed by atoms with Crippen LogP contribution in [0.4, 0.5) is 4.79 Å². The zero-order valence-corrected chi connectivity index (χ0v) is 10.9. The largest absolute Gasteiger partial charge is 0.467 e. The predicted molar refractivity (Wildman–Crippen MR) is 64.7 cm³/mol. The number of nitrogens with one attached hydrogen (secondary N) is 1. The third kappa shape index (κ3) is 3.91. The van der Waals surface area contributed by atoms with Crippen LogP contribution >= 0.6 is 0 Å². The Morgan fingerprint density at radius 2 is 1.65 bits per heavy atom. The number of hydrogen-bond donors (Lipinski definition) is 1. The van der Waals surface area contributed by atoms with Crippen LogP contribution in [0.25, 0.3) is 0 Å². The second-order valence-corrected chi connectivity index (χ2v) is 4.95. The number of rotatable bonds is 2. The molecule has 5 heteroatoms. The van der Waals surface area contributed by atoms with Crippen molar-refractivity contribution in [3.8, 4) is 0 Å². The summed E-state index contributed by atoms with van der Waals surface area (Å²) < 4.78 is 4.66. The van der Waals surface area contributed by atoms with Gasteiger partial charge >= 0.3 is 12.0 Å². The van der Waals surface area contributed by atoms with Gasteiger partial charge in [-0.3, -0.25) is 0 Å². The van der Waals surface area contributed by atoms with Crippen LogP contribution in [0.1, 0.15) is 39.5 Å². The summed E-state index contributed by atoms with van der Waals surface area (Å²) in [5, 5.41) is 2.72. The van der Waals surface area contributed by atoms with Crippen molar-refractivity contribution in [2.45, 2.75) is 45.1 Å². The van der Waals surface area contributed by atoms with Crippen molar-refractivity contribution in [3.05, 3.63) is 0 Å². The number of ether oxygens (including phenoxy) is 1. The molecule has 0 atom stereocenters. The van der Waals surface area contributed by atoms with E-state index in [1.165, 1.54) is 20.0 Å². The lowest BCUT2D eigenvalue weighted by Crippen LogP contribution is -2.54. The topological polar surface area (TPSA) is 58.6 Å². The van der Waals surface area contributed by atoms with Gasteiger partial charge in [0.05, 0.1) is 7.11 Å². The summed E-state index contributed by atoms with van der Waals surface area (Å²) in [6.45, 7) is 4.83. The van der Waals surface area contributed by atoms with Crippen LogP contribution in [-0.2, 0) is 9.53 Å². The van der Waals surface area contributed by atoms with Crippen LogP contribution in [-0.4, -0.2) is 42.6 Å². The third-order valence-electron chi connectivity index (χ3n) is 3.01. The van der Waals surface area contributed by atoms with Crippen LogP contribution in [0, 0.1) is 0 Å². The summed E-state index contributed by atoms with van der Waals surface area (Å²) >= 11 is 0. The number of carbonyl (C=O) groups excluding carboxylic acids is 2. The number of amides is 2. The molecule has 1 heterocycles. The fourth-order valence-corrected chi connectivity index (χ4v) is 1.93. The van der Waals surface area contributed by atoms with Gasteiger partial charge in [-0.25, -0.2) is 9.59 Å². The minimum atomic E-state index is -0.974. The second kappa shape index (κ2) is 5.89. The molecule has 1 rings (SSSR count). The quantitative estimate of drug-likeness (QED) is 0.747. The van der Waals surface area contributed by atoms with Gasteiger partial charge in [0, 0.05) is 13.1 Å². The van der Waals surface area contributed by atoms with Gasteiger partial charge in [-0.15, -0.1) is 0 Å². The average Bonchev–Trinajstić information content (AvgIpc) is 2.55. The number of carbonyl (C=O) groups is 2. The smallest absolute Gasteiger partial charge is 0.331 e. The molecule has 2 amide bonds. The molecule has 0 spiro atoms. The Hall–Kier alpha value is -1.26. The lowest BCUT2D eigenvalue weighted by atomic mass is 10.1. The van der Waals surface area contributed by atoms with Crippen molar-refractivity contribution >= 4 is 12.0 Å². The molecule has 0 radical (unpaired) electrons. The van der Waals surface area contributed by atoms with E-state index in [0.29, 0.717) is 0 Å². The van der Waals surface area contributed by atoms with Crippen molar-refractivity contribution in [2.75, 3.05) is 20.2 Å². The first-order valence-corrected chi connectivity index (χ1v) is 6.13. The Morgan fingerprint density at radius 3 is 2.12 bits per heavy atom. The molecule has 1 N–H and O–H groups in total. The van der Waals surface area contributed by atoms with E-state index in [2.05, 4.69) is 10.1 Å². The number of nitrogens with zero attached hydrogens (tertiary/aromatic N) is 1. The van der Waals surface area contributed by atoms with Crippen LogP contribution in [0.5, 0.6) is 0 Å². The lowest BCUT2D eigenvalue weighted by molar-refractivity contribution is -0.146. The number of hydrogen-bond acceptors (Lipinski definition) is 3. The molecule has 0 unspecified atom stereocenters. The lowest BCUT2D eigenvalue weighted by Gasteiger charge is -2.28. The first kappa shape index (κ1) is 13.8. The fourth-order valence-electron chi connectivity index (χ4n) is 1.93. The minimum absolute atomic E-state index is 0.178. The van der Waals surface area contributed by atoms with Gasteiger partial charge < -0.3 is 15.0 Å². The van der Waals surface area contributed by atoms with Crippen molar-refractivity contribution in [3.63, 3.8) is 0 Å². The summed E-state index contributed by atoms with van der Waals surface area (Å²) in [5.41, 5.74) is -0.974. The van der Waals surface area contributed by atoms with Crippen LogP contribution in [0.15, 0.2) is 0 Å². The van der Waals surface area contributed by atoms with Crippen LogP contribution < -0.4 is 5.32 Å². The van der Waals surface area contributed by atoms with E-state index in [-0.39, 0.29) is 6.03 Å². The van der Waals surface area contributed by atoms with Crippen LogP contribution in [0.2, 0.25) is 0 Å². The highest BCUT2D eigenvalue weighted by atomic mass is 16.5. The highest BCUT2D eigenvalue weighted by Crippen LogP contribution is 2.11. The zero-order valence-electron chi connectivity index (χ0n) is 10.9. The van der Waals surface area contributed by atoms with Crippen molar-refractivity contribution in [1.82, 2.24) is 10.2 Å². The molecule has 5 nitrogen and oxygen atoms in total. The zero-order chi connectivity index (χ0) is 12.9. The molecule has 0 bridgehead atoms. The first-order chi connectivity index (χ1) is 7.97. The number of esters is 1. The van der Waals surface area contributed by atoms with Gasteiger partial charge in [-0.1, -0.05) is 12.8 Å². The molecule has 1 aliphatic heterocycles. The molecule has 0 saturated carbocycles. The van der Waals surface area contributed by atoms with Gasteiger partial charge in [-0.05, 0) is 26.7 Å². The molecular formula is C12H22N2O3. The molecule has 1 fully saturated rings. The summed E-state index contributed by atoms with van der Waals surface area (Å²) in [5.74, 6) is -0.430. The van der Waals surface area contributed by atoms with Gasteiger partial charge in [0.2, 0.25) is 0 Å². The SMILES string of the molecule is COC(=O)C(C)(C)NC(=O)N1CCCCCC1. The normalized spacial score (nSPS) is 17.2. The first-order valence-electron chi connectivity index (χ1n) is 6.13. The predicted octanol–water partition coefficient (Wildman–Crippen LogP) is 1.52. The molecule has 1 aliphatic rings. The Balaban J connectivity index is 2.55. The maximum absolute atomic E-state index is 12.0. The number of likely N-dealkylation sites (tertiary alicyclic amines) is 1. The van der Waals surface area contributed by atoms with E-state index in [1.54, 1.807) is 18.7 Å².